The van der Waals surface area contributed by atoms with Gasteiger partial charge in [0.15, 0.2) is 0 Å². The average Bonchev–Trinajstić information content (AvgIpc) is 3.61. The number of benzene rings is 2. The summed E-state index contributed by atoms with van der Waals surface area (Å²) >= 11 is 6.46. The highest BCUT2D eigenvalue weighted by atomic mass is 35.5. The maximum Gasteiger partial charge on any atom is 0.227 e. The van der Waals surface area contributed by atoms with Gasteiger partial charge in [-0.2, -0.15) is 0 Å². The Hall–Kier alpha value is -3.41. The van der Waals surface area contributed by atoms with Gasteiger partial charge in [-0.25, -0.2) is 17.7 Å². The summed E-state index contributed by atoms with van der Waals surface area (Å²) in [6.07, 6.45) is 3.53. The van der Waals surface area contributed by atoms with Crippen molar-refractivity contribution in [1.29, 1.82) is 0 Å². The molecule has 2 aliphatic heterocycles. The third kappa shape index (κ3) is 4.89. The Bertz CT molecular complexity index is 1740. The highest BCUT2D eigenvalue weighted by molar-refractivity contribution is 7.88. The van der Waals surface area contributed by atoms with E-state index in [9.17, 15) is 13.2 Å². The number of amides is 1. The van der Waals surface area contributed by atoms with Crippen molar-refractivity contribution >= 4 is 44.3 Å². The van der Waals surface area contributed by atoms with Crippen LogP contribution < -0.4 is 9.64 Å². The summed E-state index contributed by atoms with van der Waals surface area (Å²) in [7, 11) is -1.71. The number of aryl methyl sites for hydroxylation is 2. The van der Waals surface area contributed by atoms with Gasteiger partial charge < -0.3 is 18.7 Å². The molecule has 41 heavy (non-hydrogen) atoms. The van der Waals surface area contributed by atoms with Crippen molar-refractivity contribution in [3.05, 3.63) is 58.7 Å². The van der Waals surface area contributed by atoms with Crippen molar-refractivity contribution in [3.8, 4) is 16.9 Å². The lowest BCUT2D eigenvalue weighted by atomic mass is 10.0. The molecular weight excluding hydrogens is 566 g/mol. The summed E-state index contributed by atoms with van der Waals surface area (Å²) in [6, 6.07) is 11.2. The molecule has 0 bridgehead atoms. The van der Waals surface area contributed by atoms with Crippen molar-refractivity contribution in [3.63, 3.8) is 0 Å². The number of methoxy groups -OCH3 is 1. The first-order valence-corrected chi connectivity index (χ1v) is 15.8. The van der Waals surface area contributed by atoms with Gasteiger partial charge in [0.1, 0.15) is 17.3 Å². The summed E-state index contributed by atoms with van der Waals surface area (Å²) in [5.41, 5.74) is 5.13. The Morgan fingerprint density at radius 2 is 1.83 bits per heavy atom. The number of piperidine rings is 1. The molecule has 1 atom stereocenters. The molecule has 0 N–H and O–H groups in total. The highest BCUT2D eigenvalue weighted by Crippen LogP contribution is 2.42. The fraction of sp³-hybridized carbons (Fsp3) is 0.414. The van der Waals surface area contributed by atoms with Crippen molar-refractivity contribution < 1.29 is 22.5 Å². The van der Waals surface area contributed by atoms with E-state index < -0.39 is 10.0 Å². The first-order chi connectivity index (χ1) is 19.6. The predicted molar refractivity (Wildman–Crippen MR) is 157 cm³/mol. The van der Waals surface area contributed by atoms with Gasteiger partial charge >= 0.3 is 0 Å². The Morgan fingerprint density at radius 1 is 1.07 bits per heavy atom. The number of hydrogen-bond donors (Lipinski definition) is 0. The Balaban J connectivity index is 1.47. The van der Waals surface area contributed by atoms with Crippen LogP contribution in [0.4, 0.5) is 5.69 Å². The molecule has 1 unspecified atom stereocenters. The SMILES string of the molecule is COc1ccc(N2C(=O)CCC2c2nc3cc(-c4c(C)noc4C)ccc3n2C2CCN(S(C)(=O)=O)CC2)cc1Cl. The first-order valence-electron chi connectivity index (χ1n) is 13.6. The van der Waals surface area contributed by atoms with Crippen LogP contribution in [0.3, 0.4) is 0 Å². The fourth-order valence-corrected chi connectivity index (χ4v) is 7.40. The maximum atomic E-state index is 13.3. The molecule has 0 aliphatic carbocycles. The van der Waals surface area contributed by atoms with Crippen LogP contribution in [0, 0.1) is 13.8 Å². The van der Waals surface area contributed by atoms with Crippen LogP contribution in [0.1, 0.15) is 55.0 Å². The summed E-state index contributed by atoms with van der Waals surface area (Å²) in [4.78, 5) is 20.2. The zero-order chi connectivity index (χ0) is 29.1. The zero-order valence-corrected chi connectivity index (χ0v) is 25.0. The molecule has 12 heteroatoms. The van der Waals surface area contributed by atoms with E-state index in [4.69, 9.17) is 25.8 Å². The number of fused-ring (bicyclic) bond motifs is 1. The average molecular weight is 598 g/mol. The van der Waals surface area contributed by atoms with Crippen LogP contribution >= 0.6 is 11.6 Å². The standard InChI is InChI=1S/C29H32ClN5O5S/c1-17-28(18(2)40-32-17)19-5-7-24-23(15-19)31-29(35(24)20-11-13-33(14-12-20)41(4,37)38)25-8-10-27(36)34(25)21-6-9-26(39-3)22(30)16-21/h5-7,9,15-16,20,25H,8,10-14H2,1-4H3. The van der Waals surface area contributed by atoms with Crippen LogP contribution in [0.15, 0.2) is 40.9 Å². The second-order valence-electron chi connectivity index (χ2n) is 10.8. The van der Waals surface area contributed by atoms with Crippen LogP contribution in [0.2, 0.25) is 5.02 Å². The van der Waals surface area contributed by atoms with Gasteiger partial charge in [-0.1, -0.05) is 22.8 Å². The van der Waals surface area contributed by atoms with E-state index in [1.807, 2.05) is 32.0 Å². The molecule has 4 heterocycles. The van der Waals surface area contributed by atoms with Crippen LogP contribution in [-0.2, 0) is 14.8 Å². The molecular formula is C29H32ClN5O5S. The Kier molecular flexibility index (Phi) is 7.07. The van der Waals surface area contributed by atoms with E-state index in [1.54, 1.807) is 24.1 Å². The lowest BCUT2D eigenvalue weighted by Gasteiger charge is -2.34. The lowest BCUT2D eigenvalue weighted by molar-refractivity contribution is -0.117. The summed E-state index contributed by atoms with van der Waals surface area (Å²) in [5, 5.41) is 4.54. The number of halogens is 1. The van der Waals surface area contributed by atoms with Crippen molar-refractivity contribution in [2.75, 3.05) is 31.4 Å². The summed E-state index contributed by atoms with van der Waals surface area (Å²) in [5.74, 6) is 2.05. The number of sulfonamides is 1. The monoisotopic (exact) mass is 597 g/mol. The van der Waals surface area contributed by atoms with Crippen LogP contribution in [0.5, 0.6) is 5.75 Å². The van der Waals surface area contributed by atoms with Gasteiger partial charge in [0.25, 0.3) is 0 Å². The number of hydrogen-bond acceptors (Lipinski definition) is 7. The molecule has 0 saturated carbocycles. The van der Waals surface area contributed by atoms with Gasteiger partial charge in [-0.3, -0.25) is 4.79 Å². The van der Waals surface area contributed by atoms with Gasteiger partial charge in [0, 0.05) is 36.8 Å². The van der Waals surface area contributed by atoms with Gasteiger partial charge in [0.05, 0.1) is 41.2 Å². The second-order valence-corrected chi connectivity index (χ2v) is 13.2. The molecule has 2 aromatic carbocycles. The van der Waals surface area contributed by atoms with E-state index in [0.29, 0.717) is 55.2 Å². The number of carbonyl (C=O) groups is 1. The van der Waals surface area contributed by atoms with E-state index >= 15 is 0 Å². The zero-order valence-electron chi connectivity index (χ0n) is 23.4. The number of aromatic nitrogens is 3. The number of imidazole rings is 1. The minimum Gasteiger partial charge on any atom is -0.495 e. The second kappa shape index (κ2) is 10.5. The summed E-state index contributed by atoms with van der Waals surface area (Å²) < 4.78 is 38.9. The number of anilines is 1. The molecule has 2 fully saturated rings. The quantitative estimate of drug-likeness (QED) is 0.291. The van der Waals surface area contributed by atoms with E-state index in [0.717, 1.165) is 39.4 Å². The minimum atomic E-state index is -3.27. The molecule has 216 valence electrons. The maximum absolute atomic E-state index is 13.3. The molecule has 2 aliphatic rings. The smallest absolute Gasteiger partial charge is 0.227 e. The van der Waals surface area contributed by atoms with Crippen molar-refractivity contribution in [2.45, 2.75) is 51.6 Å². The van der Waals surface area contributed by atoms with Crippen molar-refractivity contribution in [2.24, 2.45) is 0 Å². The van der Waals surface area contributed by atoms with Gasteiger partial charge in [-0.05, 0) is 69.0 Å². The number of carbonyl (C=O) groups excluding carboxylic acids is 1. The summed E-state index contributed by atoms with van der Waals surface area (Å²) in [6.45, 7) is 4.67. The molecule has 4 aromatic rings. The third-order valence-corrected chi connectivity index (χ3v) is 9.82. The van der Waals surface area contributed by atoms with Gasteiger partial charge in [0.2, 0.25) is 15.9 Å². The molecule has 2 saturated heterocycles. The molecule has 6 rings (SSSR count). The topological polar surface area (TPSA) is 111 Å². The Morgan fingerprint density at radius 3 is 2.46 bits per heavy atom. The molecule has 10 nitrogen and oxygen atoms in total. The number of ether oxygens (including phenoxy) is 1. The first kappa shape index (κ1) is 27.7. The van der Waals surface area contributed by atoms with E-state index in [1.165, 1.54) is 10.6 Å². The normalized spacial score (nSPS) is 19.0. The molecule has 2 aromatic heterocycles. The van der Waals surface area contributed by atoms with E-state index in [2.05, 4.69) is 15.8 Å². The van der Waals surface area contributed by atoms with Gasteiger partial charge in [-0.15, -0.1) is 0 Å². The van der Waals surface area contributed by atoms with Crippen LogP contribution in [0.25, 0.3) is 22.2 Å². The lowest BCUT2D eigenvalue weighted by Crippen LogP contribution is -2.39. The van der Waals surface area contributed by atoms with Crippen LogP contribution in [-0.4, -0.2) is 59.8 Å². The molecule has 0 spiro atoms. The number of rotatable bonds is 6. The van der Waals surface area contributed by atoms with E-state index in [-0.39, 0.29) is 18.0 Å². The largest absolute Gasteiger partial charge is 0.495 e. The fourth-order valence-electron chi connectivity index (χ4n) is 6.28. The minimum absolute atomic E-state index is 0.00172. The predicted octanol–water partition coefficient (Wildman–Crippen LogP) is 5.43. The van der Waals surface area contributed by atoms with Crippen molar-refractivity contribution in [1.82, 2.24) is 19.0 Å². The molecule has 0 radical (unpaired) electrons. The molecule has 1 amide bonds. The highest BCUT2D eigenvalue weighted by Gasteiger charge is 2.39. The number of nitrogens with zero attached hydrogens (tertiary/aromatic N) is 5. The third-order valence-electron chi connectivity index (χ3n) is 8.22. The Labute approximate surface area is 243 Å².